The van der Waals surface area contributed by atoms with Gasteiger partial charge in [0.25, 0.3) is 15.9 Å². The minimum Gasteiger partial charge on any atom is -0.497 e. The molecule has 3 rings (SSSR count). The Morgan fingerprint density at radius 2 is 1.59 bits per heavy atom. The Hall–Kier alpha value is -4.03. The van der Waals surface area contributed by atoms with Crippen molar-refractivity contribution in [3.63, 3.8) is 0 Å². The number of rotatable bonds is 11. The predicted molar refractivity (Wildman–Crippen MR) is 144 cm³/mol. The fraction of sp³-hybridized carbons (Fsp3) is 0.160. The molecule has 0 aromatic heterocycles. The molecule has 0 fully saturated rings. The minimum atomic E-state index is -3.96. The fourth-order valence-electron chi connectivity index (χ4n) is 3.35. The van der Waals surface area contributed by atoms with Crippen molar-refractivity contribution in [2.24, 2.45) is 0 Å². The van der Waals surface area contributed by atoms with Crippen molar-refractivity contribution in [3.8, 4) is 11.5 Å². The first-order chi connectivity index (χ1) is 17.5. The molecular formula is C25H27N3O7S2. The van der Waals surface area contributed by atoms with Crippen molar-refractivity contribution in [1.82, 2.24) is 0 Å². The van der Waals surface area contributed by atoms with E-state index >= 15 is 0 Å². The number of amides is 1. The molecule has 0 atom stereocenters. The van der Waals surface area contributed by atoms with E-state index in [4.69, 9.17) is 9.47 Å². The van der Waals surface area contributed by atoms with Crippen LogP contribution in [0, 0.1) is 0 Å². The van der Waals surface area contributed by atoms with Crippen LogP contribution in [0.2, 0.25) is 0 Å². The van der Waals surface area contributed by atoms with E-state index < -0.39 is 26.0 Å². The zero-order valence-electron chi connectivity index (χ0n) is 20.5. The molecule has 3 aromatic rings. The van der Waals surface area contributed by atoms with Crippen LogP contribution in [0.4, 0.5) is 17.1 Å². The van der Waals surface area contributed by atoms with Crippen LogP contribution in [0.1, 0.15) is 10.4 Å². The molecule has 0 radical (unpaired) electrons. The lowest BCUT2D eigenvalue weighted by molar-refractivity contribution is 0.102. The number of hydrogen-bond acceptors (Lipinski definition) is 7. The van der Waals surface area contributed by atoms with Crippen molar-refractivity contribution in [2.75, 3.05) is 41.4 Å². The van der Waals surface area contributed by atoms with Crippen molar-refractivity contribution in [1.29, 1.82) is 0 Å². The van der Waals surface area contributed by atoms with E-state index in [0.29, 0.717) is 28.4 Å². The van der Waals surface area contributed by atoms with Gasteiger partial charge in [-0.05, 0) is 60.7 Å². The summed E-state index contributed by atoms with van der Waals surface area (Å²) in [4.78, 5) is 12.6. The molecule has 0 heterocycles. The summed E-state index contributed by atoms with van der Waals surface area (Å²) in [5.41, 5.74) is 1.27. The van der Waals surface area contributed by atoms with Gasteiger partial charge >= 0.3 is 0 Å². The second kappa shape index (κ2) is 11.4. The number of anilines is 3. The van der Waals surface area contributed by atoms with E-state index in [-0.39, 0.29) is 17.1 Å². The highest BCUT2D eigenvalue weighted by Crippen LogP contribution is 2.31. The zero-order chi connectivity index (χ0) is 27.2. The van der Waals surface area contributed by atoms with Crippen LogP contribution in [0.15, 0.2) is 84.3 Å². The summed E-state index contributed by atoms with van der Waals surface area (Å²) in [6, 6.07) is 16.4. The monoisotopic (exact) mass is 545 g/mol. The first kappa shape index (κ1) is 27.6. The Labute approximate surface area is 216 Å². The van der Waals surface area contributed by atoms with Gasteiger partial charge in [0.2, 0.25) is 10.0 Å². The Bertz CT molecular complexity index is 1490. The van der Waals surface area contributed by atoms with Crippen LogP contribution < -0.4 is 23.8 Å². The smallest absolute Gasteiger partial charge is 0.262 e. The summed E-state index contributed by atoms with van der Waals surface area (Å²) in [6.07, 6.45) is 2.55. The van der Waals surface area contributed by atoms with E-state index in [1.165, 1.54) is 74.9 Å². The Morgan fingerprint density at radius 3 is 2.14 bits per heavy atom. The first-order valence-electron chi connectivity index (χ1n) is 10.8. The number of ether oxygens (including phenoxy) is 2. The number of carbonyl (C=O) groups excluding carboxylic acids is 1. The van der Waals surface area contributed by atoms with Gasteiger partial charge in [0.1, 0.15) is 11.5 Å². The third kappa shape index (κ3) is 6.80. The average Bonchev–Trinajstić information content (AvgIpc) is 2.86. The molecule has 0 aliphatic rings. The molecule has 196 valence electrons. The van der Waals surface area contributed by atoms with Crippen LogP contribution in [0.25, 0.3) is 0 Å². The van der Waals surface area contributed by atoms with Gasteiger partial charge in [0, 0.05) is 17.3 Å². The summed E-state index contributed by atoms with van der Waals surface area (Å²) in [7, 11) is -4.58. The minimum absolute atomic E-state index is 0.0252. The molecule has 1 amide bonds. The van der Waals surface area contributed by atoms with E-state index in [1.54, 1.807) is 12.1 Å². The van der Waals surface area contributed by atoms with E-state index in [9.17, 15) is 21.6 Å². The number of hydrogen-bond donors (Lipinski definition) is 2. The molecule has 0 unspecified atom stereocenters. The number of carbonyl (C=O) groups is 1. The molecule has 0 saturated heterocycles. The van der Waals surface area contributed by atoms with Crippen molar-refractivity contribution in [3.05, 3.63) is 84.9 Å². The second-order valence-corrected chi connectivity index (χ2v) is 11.4. The molecule has 0 spiro atoms. The number of benzene rings is 3. The normalized spacial score (nSPS) is 11.3. The summed E-state index contributed by atoms with van der Waals surface area (Å²) in [5, 5.41) is 2.69. The Balaban J connectivity index is 1.73. The molecule has 3 aromatic carbocycles. The van der Waals surface area contributed by atoms with Crippen LogP contribution in [-0.2, 0) is 20.0 Å². The lowest BCUT2D eigenvalue weighted by atomic mass is 10.2. The van der Waals surface area contributed by atoms with Crippen molar-refractivity contribution >= 4 is 43.0 Å². The largest absolute Gasteiger partial charge is 0.497 e. The van der Waals surface area contributed by atoms with Gasteiger partial charge in [0.05, 0.1) is 43.3 Å². The fourth-order valence-corrected chi connectivity index (χ4v) is 5.29. The number of methoxy groups -OCH3 is 2. The number of nitrogens with one attached hydrogen (secondary N) is 2. The molecule has 0 aliphatic carbocycles. The van der Waals surface area contributed by atoms with Gasteiger partial charge in [-0.1, -0.05) is 6.08 Å². The molecule has 0 aliphatic heterocycles. The van der Waals surface area contributed by atoms with E-state index in [1.807, 2.05) is 0 Å². The molecular weight excluding hydrogens is 518 g/mol. The first-order valence-corrected chi connectivity index (χ1v) is 14.2. The van der Waals surface area contributed by atoms with Gasteiger partial charge in [-0.3, -0.25) is 13.8 Å². The number of nitrogens with zero attached hydrogens (tertiary/aromatic N) is 1. The predicted octanol–water partition coefficient (Wildman–Crippen LogP) is 3.71. The zero-order valence-corrected chi connectivity index (χ0v) is 22.1. The highest BCUT2D eigenvalue weighted by atomic mass is 32.2. The molecule has 10 nitrogen and oxygen atoms in total. The lowest BCUT2D eigenvalue weighted by Gasteiger charge is -2.20. The van der Waals surface area contributed by atoms with Crippen molar-refractivity contribution in [2.45, 2.75) is 4.90 Å². The maximum atomic E-state index is 12.9. The third-order valence-electron chi connectivity index (χ3n) is 5.19. The summed E-state index contributed by atoms with van der Waals surface area (Å²) >= 11 is 0. The highest BCUT2D eigenvalue weighted by Gasteiger charge is 2.19. The number of sulfonamides is 2. The molecule has 12 heteroatoms. The van der Waals surface area contributed by atoms with Crippen LogP contribution in [0.5, 0.6) is 11.5 Å². The molecule has 2 N–H and O–H groups in total. The Morgan fingerprint density at radius 1 is 0.946 bits per heavy atom. The summed E-state index contributed by atoms with van der Waals surface area (Å²) < 4.78 is 63.7. The summed E-state index contributed by atoms with van der Waals surface area (Å²) in [6.45, 7) is 3.66. The van der Waals surface area contributed by atoms with Crippen LogP contribution >= 0.6 is 0 Å². The SMILES string of the molecule is C=CCN(c1ccc(C(=O)Nc2ccc(S(=O)(=O)Nc3cc(OC)ccc3OC)cc2)cc1)S(C)(=O)=O. The van der Waals surface area contributed by atoms with E-state index in [0.717, 1.165) is 10.6 Å². The maximum absolute atomic E-state index is 12.9. The third-order valence-corrected chi connectivity index (χ3v) is 7.73. The average molecular weight is 546 g/mol. The van der Waals surface area contributed by atoms with Gasteiger partial charge < -0.3 is 14.8 Å². The maximum Gasteiger partial charge on any atom is 0.262 e. The second-order valence-electron chi connectivity index (χ2n) is 7.78. The van der Waals surface area contributed by atoms with Gasteiger partial charge in [-0.2, -0.15) is 0 Å². The quantitative estimate of drug-likeness (QED) is 0.351. The highest BCUT2D eigenvalue weighted by molar-refractivity contribution is 7.92. The molecule has 37 heavy (non-hydrogen) atoms. The van der Waals surface area contributed by atoms with Crippen molar-refractivity contribution < 1.29 is 31.1 Å². The topological polar surface area (TPSA) is 131 Å². The van der Waals surface area contributed by atoms with E-state index in [2.05, 4.69) is 16.6 Å². The van der Waals surface area contributed by atoms with Gasteiger partial charge in [0.15, 0.2) is 0 Å². The standard InChI is InChI=1S/C25H27N3O7S2/c1-5-16-28(36(4,30)31)20-10-6-18(7-11-20)25(29)26-19-8-13-22(14-9-19)37(32,33)27-23-17-21(34-2)12-15-24(23)35-3/h5-15,17,27H,1,16H2,2-4H3,(H,26,29). The lowest BCUT2D eigenvalue weighted by Crippen LogP contribution is -2.29. The Kier molecular flexibility index (Phi) is 8.46. The molecule has 0 saturated carbocycles. The van der Waals surface area contributed by atoms with Gasteiger partial charge in [-0.15, -0.1) is 6.58 Å². The summed E-state index contributed by atoms with van der Waals surface area (Å²) in [5.74, 6) is 0.328. The van der Waals surface area contributed by atoms with Gasteiger partial charge in [-0.25, -0.2) is 16.8 Å². The van der Waals surface area contributed by atoms with Crippen LogP contribution in [0.3, 0.4) is 0 Å². The van der Waals surface area contributed by atoms with Crippen LogP contribution in [-0.4, -0.2) is 49.8 Å². The molecule has 0 bridgehead atoms.